The Morgan fingerprint density at radius 2 is 1.57 bits per heavy atom. The van der Waals surface area contributed by atoms with E-state index in [1.807, 2.05) is 0 Å². The minimum atomic E-state index is -5.28. The number of nitrogens with one attached hydrogen (secondary N) is 1. The molecule has 1 heterocycles. The maximum atomic E-state index is 13.1. The number of alkyl halides is 3. The number of Topliss-reactive ketones (excluding diaryl/α,β-unsaturated/α-hetero) is 1. The van der Waals surface area contributed by atoms with Gasteiger partial charge in [-0.2, -0.15) is 13.2 Å². The molecule has 0 aromatic rings. The number of halogens is 3. The number of ether oxygens (including phenoxy) is 3. The third-order valence-electron chi connectivity index (χ3n) is 3.46. The Kier molecular flexibility index (Phi) is 7.27. The number of esters is 2. The molecule has 1 atom stereocenters. The summed E-state index contributed by atoms with van der Waals surface area (Å²) in [7, 11) is 0. The average Bonchev–Trinajstić information content (AvgIpc) is 2.51. The van der Waals surface area contributed by atoms with Crippen LogP contribution in [0.1, 0.15) is 41.5 Å². The standard InChI is InChI=1S/C18H24F3NO6/c1-7-26-15(24)11-10(13(23)18(19,20)21)9(3)28-14(22-17(4,5)6)12(11)16(25)27-8-2/h11,22H,7-8H2,1-6H3. The number of allylic oxidation sites excluding steroid dienone is 1. The van der Waals surface area contributed by atoms with Gasteiger partial charge in [0.1, 0.15) is 17.3 Å². The highest BCUT2D eigenvalue weighted by molar-refractivity contribution is 6.09. The lowest BCUT2D eigenvalue weighted by molar-refractivity contribution is -0.168. The highest BCUT2D eigenvalue weighted by Gasteiger charge is 2.51. The summed E-state index contributed by atoms with van der Waals surface area (Å²) in [5.41, 5.74) is -2.24. The lowest BCUT2D eigenvalue weighted by Crippen LogP contribution is -2.44. The first-order valence-electron chi connectivity index (χ1n) is 8.60. The fourth-order valence-corrected chi connectivity index (χ4v) is 2.50. The Morgan fingerprint density at radius 1 is 1.04 bits per heavy atom. The topological polar surface area (TPSA) is 90.9 Å². The number of rotatable bonds is 6. The molecule has 0 spiro atoms. The molecule has 1 N–H and O–H groups in total. The number of carbonyl (C=O) groups is 3. The molecule has 1 aliphatic heterocycles. The summed E-state index contributed by atoms with van der Waals surface area (Å²) < 4.78 is 54.5. The van der Waals surface area contributed by atoms with E-state index in [1.54, 1.807) is 20.8 Å². The summed E-state index contributed by atoms with van der Waals surface area (Å²) in [4.78, 5) is 37.0. The van der Waals surface area contributed by atoms with E-state index < -0.39 is 52.3 Å². The van der Waals surface area contributed by atoms with Gasteiger partial charge in [-0.15, -0.1) is 0 Å². The van der Waals surface area contributed by atoms with Crippen LogP contribution in [0.5, 0.6) is 0 Å². The summed E-state index contributed by atoms with van der Waals surface area (Å²) in [6, 6.07) is 0. The number of carbonyl (C=O) groups excluding carboxylic acids is 3. The molecule has 0 amide bonds. The molecule has 0 saturated heterocycles. The van der Waals surface area contributed by atoms with Crippen LogP contribution in [0.3, 0.4) is 0 Å². The molecule has 10 heteroatoms. The lowest BCUT2D eigenvalue weighted by Gasteiger charge is -2.32. The van der Waals surface area contributed by atoms with Gasteiger partial charge < -0.3 is 19.5 Å². The second-order valence-electron chi connectivity index (χ2n) is 6.92. The summed E-state index contributed by atoms with van der Waals surface area (Å²) in [5, 5.41) is 2.83. The van der Waals surface area contributed by atoms with Crippen molar-refractivity contribution in [2.24, 2.45) is 5.92 Å². The van der Waals surface area contributed by atoms with Crippen LogP contribution in [-0.2, 0) is 28.6 Å². The lowest BCUT2D eigenvalue weighted by atomic mass is 9.85. The third kappa shape index (κ3) is 5.49. The number of ketones is 1. The largest absolute Gasteiger partial charge is 0.465 e. The average molecular weight is 407 g/mol. The van der Waals surface area contributed by atoms with Gasteiger partial charge in [0, 0.05) is 5.54 Å². The van der Waals surface area contributed by atoms with Gasteiger partial charge in [-0.3, -0.25) is 9.59 Å². The van der Waals surface area contributed by atoms with E-state index in [1.165, 1.54) is 13.8 Å². The van der Waals surface area contributed by atoms with E-state index >= 15 is 0 Å². The van der Waals surface area contributed by atoms with Gasteiger partial charge in [0.15, 0.2) is 0 Å². The normalized spacial score (nSPS) is 17.8. The Labute approximate surface area is 160 Å². The first kappa shape index (κ1) is 23.5. The van der Waals surface area contributed by atoms with Gasteiger partial charge in [-0.1, -0.05) is 0 Å². The molecule has 1 unspecified atom stereocenters. The highest BCUT2D eigenvalue weighted by atomic mass is 19.4. The van der Waals surface area contributed by atoms with Crippen molar-refractivity contribution in [1.82, 2.24) is 5.32 Å². The zero-order chi connectivity index (χ0) is 21.9. The van der Waals surface area contributed by atoms with Crippen molar-refractivity contribution < 1.29 is 41.8 Å². The van der Waals surface area contributed by atoms with E-state index in [0.29, 0.717) is 0 Å². The van der Waals surface area contributed by atoms with Crippen molar-refractivity contribution in [2.75, 3.05) is 13.2 Å². The molecular formula is C18H24F3NO6. The van der Waals surface area contributed by atoms with E-state index in [2.05, 4.69) is 5.32 Å². The van der Waals surface area contributed by atoms with Gasteiger partial charge >= 0.3 is 18.1 Å². The van der Waals surface area contributed by atoms with Crippen LogP contribution in [0.15, 0.2) is 22.8 Å². The van der Waals surface area contributed by atoms with Gasteiger partial charge in [0.2, 0.25) is 5.88 Å². The van der Waals surface area contributed by atoms with Crippen molar-refractivity contribution in [1.29, 1.82) is 0 Å². The second kappa shape index (κ2) is 8.66. The Bertz CT molecular complexity index is 716. The smallest absolute Gasteiger partial charge is 0.454 e. The van der Waals surface area contributed by atoms with Crippen LogP contribution in [0, 0.1) is 5.92 Å². The summed E-state index contributed by atoms with van der Waals surface area (Å²) >= 11 is 0. The fourth-order valence-electron chi connectivity index (χ4n) is 2.50. The minimum Gasteiger partial charge on any atom is -0.465 e. The van der Waals surface area contributed by atoms with Gasteiger partial charge in [-0.25, -0.2) is 4.79 Å². The van der Waals surface area contributed by atoms with Crippen molar-refractivity contribution in [2.45, 2.75) is 53.3 Å². The quantitative estimate of drug-likeness (QED) is 0.677. The van der Waals surface area contributed by atoms with Crippen LogP contribution in [0.4, 0.5) is 13.2 Å². The van der Waals surface area contributed by atoms with Crippen LogP contribution < -0.4 is 5.32 Å². The second-order valence-corrected chi connectivity index (χ2v) is 6.92. The Morgan fingerprint density at radius 3 is 2.00 bits per heavy atom. The van der Waals surface area contributed by atoms with E-state index in [4.69, 9.17) is 14.2 Å². The van der Waals surface area contributed by atoms with Crippen molar-refractivity contribution in [3.63, 3.8) is 0 Å². The Hall–Kier alpha value is -2.52. The molecule has 1 aliphatic rings. The molecule has 0 radical (unpaired) electrons. The molecular weight excluding hydrogens is 383 g/mol. The maximum Gasteiger partial charge on any atom is 0.454 e. The summed E-state index contributed by atoms with van der Waals surface area (Å²) in [6.07, 6.45) is -5.28. The van der Waals surface area contributed by atoms with Crippen LogP contribution in [0.2, 0.25) is 0 Å². The summed E-state index contributed by atoms with van der Waals surface area (Å²) in [5.74, 6) is -7.23. The van der Waals surface area contributed by atoms with Crippen LogP contribution in [0.25, 0.3) is 0 Å². The summed E-state index contributed by atoms with van der Waals surface area (Å²) in [6.45, 7) is 8.90. The minimum absolute atomic E-state index is 0.105. The highest BCUT2D eigenvalue weighted by Crippen LogP contribution is 2.38. The fraction of sp³-hybridized carbons (Fsp3) is 0.611. The molecule has 0 aliphatic carbocycles. The van der Waals surface area contributed by atoms with E-state index in [9.17, 15) is 27.6 Å². The third-order valence-corrected chi connectivity index (χ3v) is 3.46. The van der Waals surface area contributed by atoms with Crippen molar-refractivity contribution in [3.8, 4) is 0 Å². The molecule has 7 nitrogen and oxygen atoms in total. The van der Waals surface area contributed by atoms with Crippen LogP contribution >= 0.6 is 0 Å². The van der Waals surface area contributed by atoms with Gasteiger partial charge in [0.05, 0.1) is 18.8 Å². The van der Waals surface area contributed by atoms with Crippen molar-refractivity contribution in [3.05, 3.63) is 22.8 Å². The SMILES string of the molecule is CCOC(=O)C1=C(NC(C)(C)C)OC(C)=C(C(=O)C(F)(F)F)C1C(=O)OCC. The number of hydrogen-bond donors (Lipinski definition) is 1. The zero-order valence-corrected chi connectivity index (χ0v) is 16.6. The first-order valence-corrected chi connectivity index (χ1v) is 8.60. The predicted octanol–water partition coefficient (Wildman–Crippen LogP) is 2.76. The van der Waals surface area contributed by atoms with Crippen LogP contribution in [-0.4, -0.2) is 42.7 Å². The molecule has 0 fully saturated rings. The van der Waals surface area contributed by atoms with Gasteiger partial charge in [0.25, 0.3) is 5.78 Å². The molecule has 0 aromatic heterocycles. The van der Waals surface area contributed by atoms with Crippen molar-refractivity contribution >= 4 is 17.7 Å². The van der Waals surface area contributed by atoms with E-state index in [-0.39, 0.29) is 19.1 Å². The molecule has 28 heavy (non-hydrogen) atoms. The van der Waals surface area contributed by atoms with E-state index in [0.717, 1.165) is 6.92 Å². The number of hydrogen-bond acceptors (Lipinski definition) is 7. The Balaban J connectivity index is 3.71. The zero-order valence-electron chi connectivity index (χ0n) is 16.6. The molecule has 0 aromatic carbocycles. The predicted molar refractivity (Wildman–Crippen MR) is 91.5 cm³/mol. The maximum absolute atomic E-state index is 13.1. The van der Waals surface area contributed by atoms with Gasteiger partial charge in [-0.05, 0) is 41.5 Å². The first-order chi connectivity index (χ1) is 12.7. The molecule has 0 saturated carbocycles. The molecule has 158 valence electrons. The molecule has 1 rings (SSSR count). The monoisotopic (exact) mass is 407 g/mol. The molecule has 0 bridgehead atoms.